The quantitative estimate of drug-likeness (QED) is 0.262. The molecule has 214 valence electrons. The van der Waals surface area contributed by atoms with E-state index in [0.29, 0.717) is 11.6 Å². The summed E-state index contributed by atoms with van der Waals surface area (Å²) in [5, 5.41) is 3.20. The van der Waals surface area contributed by atoms with Gasteiger partial charge in [0.1, 0.15) is 18.4 Å². The first-order valence-corrected chi connectivity index (χ1v) is 15.4. The third-order valence-corrected chi connectivity index (χ3v) is 7.92. The third kappa shape index (κ3) is 8.68. The van der Waals surface area contributed by atoms with Gasteiger partial charge in [-0.25, -0.2) is 12.8 Å². The van der Waals surface area contributed by atoms with Crippen LogP contribution in [0.3, 0.4) is 0 Å². The molecule has 0 radical (unpaired) electrons. The molecule has 0 unspecified atom stereocenters. The van der Waals surface area contributed by atoms with E-state index >= 15 is 0 Å². The highest BCUT2D eigenvalue weighted by molar-refractivity contribution is 7.92. The number of carbonyl (C=O) groups is 2. The number of anilines is 1. The maximum absolute atomic E-state index is 14.8. The van der Waals surface area contributed by atoms with Crippen molar-refractivity contribution in [3.63, 3.8) is 0 Å². The Bertz CT molecular complexity index is 1420. The number of amides is 2. The molecule has 0 aliphatic carbocycles. The number of unbranched alkanes of at least 4 members (excludes halogenated alkanes) is 1. The first-order valence-electron chi connectivity index (χ1n) is 12.8. The van der Waals surface area contributed by atoms with Crippen LogP contribution in [-0.2, 0) is 32.6 Å². The number of halogens is 3. The van der Waals surface area contributed by atoms with E-state index in [1.807, 2.05) is 37.3 Å². The van der Waals surface area contributed by atoms with Crippen molar-refractivity contribution in [1.82, 2.24) is 10.2 Å². The van der Waals surface area contributed by atoms with Crippen molar-refractivity contribution in [1.29, 1.82) is 0 Å². The fourth-order valence-electron chi connectivity index (χ4n) is 4.15. The molecule has 0 aliphatic heterocycles. The van der Waals surface area contributed by atoms with E-state index in [1.165, 1.54) is 41.3 Å². The SMILES string of the molecule is CCCCNC(=O)[C@H](Cc1ccccc1)N(Cc1ccccc1F)C(=O)CN(c1ccc(Cl)cc1Cl)S(C)(=O)=O. The first-order chi connectivity index (χ1) is 19.0. The number of carbonyl (C=O) groups excluding carboxylic acids is 2. The van der Waals surface area contributed by atoms with Crippen molar-refractivity contribution in [2.24, 2.45) is 0 Å². The molecule has 0 saturated carbocycles. The van der Waals surface area contributed by atoms with Crippen LogP contribution in [-0.4, -0.2) is 50.5 Å². The fourth-order valence-corrected chi connectivity index (χ4v) is 5.57. The van der Waals surface area contributed by atoms with Crippen LogP contribution in [0, 0.1) is 5.82 Å². The zero-order chi connectivity index (χ0) is 29.3. The predicted octanol–water partition coefficient (Wildman–Crippen LogP) is 5.45. The molecule has 0 spiro atoms. The van der Waals surface area contributed by atoms with Crippen LogP contribution in [0.1, 0.15) is 30.9 Å². The Morgan fingerprint density at radius 1 is 1.00 bits per heavy atom. The monoisotopic (exact) mass is 607 g/mol. The van der Waals surface area contributed by atoms with Crippen molar-refractivity contribution in [2.75, 3.05) is 23.7 Å². The van der Waals surface area contributed by atoms with Crippen molar-refractivity contribution in [3.8, 4) is 0 Å². The van der Waals surface area contributed by atoms with Gasteiger partial charge in [-0.2, -0.15) is 0 Å². The summed E-state index contributed by atoms with van der Waals surface area (Å²) in [6.07, 6.45) is 2.68. The van der Waals surface area contributed by atoms with E-state index in [9.17, 15) is 22.4 Å². The van der Waals surface area contributed by atoms with Gasteiger partial charge in [0.15, 0.2) is 0 Å². The van der Waals surface area contributed by atoms with Crippen molar-refractivity contribution in [3.05, 3.63) is 99.8 Å². The van der Waals surface area contributed by atoms with Crippen molar-refractivity contribution >= 4 is 50.7 Å². The van der Waals surface area contributed by atoms with Gasteiger partial charge in [0.2, 0.25) is 21.8 Å². The summed E-state index contributed by atoms with van der Waals surface area (Å²) < 4.78 is 41.3. The summed E-state index contributed by atoms with van der Waals surface area (Å²) in [6.45, 7) is 1.47. The van der Waals surface area contributed by atoms with Gasteiger partial charge in [0.25, 0.3) is 0 Å². The van der Waals surface area contributed by atoms with Crippen LogP contribution < -0.4 is 9.62 Å². The Hall–Kier alpha value is -3.14. The summed E-state index contributed by atoms with van der Waals surface area (Å²) >= 11 is 12.3. The molecule has 0 saturated heterocycles. The molecule has 2 amide bonds. The van der Waals surface area contributed by atoms with Crippen LogP contribution in [0.2, 0.25) is 10.0 Å². The van der Waals surface area contributed by atoms with Gasteiger partial charge in [0, 0.05) is 30.1 Å². The lowest BCUT2D eigenvalue weighted by Gasteiger charge is -2.33. The molecule has 40 heavy (non-hydrogen) atoms. The maximum atomic E-state index is 14.8. The lowest BCUT2D eigenvalue weighted by Crippen LogP contribution is -2.53. The van der Waals surface area contributed by atoms with E-state index in [-0.39, 0.29) is 29.2 Å². The number of hydrogen-bond donors (Lipinski definition) is 1. The second kappa shape index (κ2) is 14.5. The molecule has 0 bridgehead atoms. The van der Waals surface area contributed by atoms with Crippen LogP contribution in [0.25, 0.3) is 0 Å². The van der Waals surface area contributed by atoms with E-state index in [0.717, 1.165) is 29.0 Å². The number of nitrogens with zero attached hydrogens (tertiary/aromatic N) is 2. The highest BCUT2D eigenvalue weighted by atomic mass is 35.5. The molecule has 0 heterocycles. The van der Waals surface area contributed by atoms with Crippen molar-refractivity contribution < 1.29 is 22.4 Å². The topological polar surface area (TPSA) is 86.8 Å². The van der Waals surface area contributed by atoms with Gasteiger partial charge in [-0.3, -0.25) is 13.9 Å². The Morgan fingerprint density at radius 2 is 1.68 bits per heavy atom. The highest BCUT2D eigenvalue weighted by Crippen LogP contribution is 2.30. The summed E-state index contributed by atoms with van der Waals surface area (Å²) in [4.78, 5) is 28.7. The van der Waals surface area contributed by atoms with Crippen LogP contribution >= 0.6 is 23.2 Å². The molecule has 3 aromatic rings. The molecule has 3 aromatic carbocycles. The average Bonchev–Trinajstić information content (AvgIpc) is 2.90. The summed E-state index contributed by atoms with van der Waals surface area (Å²) in [7, 11) is -4.00. The maximum Gasteiger partial charge on any atom is 0.244 e. The number of benzene rings is 3. The van der Waals surface area contributed by atoms with E-state index in [1.54, 1.807) is 6.07 Å². The largest absolute Gasteiger partial charge is 0.354 e. The molecule has 11 heteroatoms. The molecule has 7 nitrogen and oxygen atoms in total. The van der Waals surface area contributed by atoms with Gasteiger partial charge >= 0.3 is 0 Å². The summed E-state index contributed by atoms with van der Waals surface area (Å²) in [5.74, 6) is -1.67. The third-order valence-electron chi connectivity index (χ3n) is 6.26. The minimum Gasteiger partial charge on any atom is -0.354 e. The smallest absolute Gasteiger partial charge is 0.244 e. The molecule has 0 aliphatic rings. The van der Waals surface area contributed by atoms with E-state index < -0.39 is 40.2 Å². The standard InChI is InChI=1S/C29H32Cl2FN3O4S/c1-3-4-16-33-29(37)27(17-21-10-6-5-7-11-21)34(19-22-12-8-9-13-25(22)32)28(36)20-35(40(2,38)39)26-15-14-23(30)18-24(26)31/h5-15,18,27H,3-4,16-17,19-20H2,1-2H3,(H,33,37)/t27-/m0/s1. The Balaban J connectivity index is 2.06. The number of sulfonamides is 1. The molecule has 3 rings (SSSR count). The Labute approximate surface area is 244 Å². The Kier molecular flexibility index (Phi) is 11.4. The second-order valence-electron chi connectivity index (χ2n) is 9.33. The van der Waals surface area contributed by atoms with Gasteiger partial charge in [0.05, 0.1) is 17.0 Å². The molecular formula is C29H32Cl2FN3O4S. The minimum atomic E-state index is -4.00. The summed E-state index contributed by atoms with van der Waals surface area (Å²) in [5.41, 5.74) is 1.02. The van der Waals surface area contributed by atoms with E-state index in [4.69, 9.17) is 23.2 Å². The Morgan fingerprint density at radius 3 is 2.30 bits per heavy atom. The second-order valence-corrected chi connectivity index (χ2v) is 12.1. The van der Waals surface area contributed by atoms with Gasteiger partial charge < -0.3 is 10.2 Å². The fraction of sp³-hybridized carbons (Fsp3) is 0.310. The van der Waals surface area contributed by atoms with Crippen LogP contribution in [0.15, 0.2) is 72.8 Å². The number of nitrogens with one attached hydrogen (secondary N) is 1. The molecule has 0 aromatic heterocycles. The van der Waals surface area contributed by atoms with Crippen LogP contribution in [0.5, 0.6) is 0 Å². The lowest BCUT2D eigenvalue weighted by atomic mass is 10.0. The van der Waals surface area contributed by atoms with Gasteiger partial charge in [-0.05, 0) is 36.2 Å². The number of hydrogen-bond acceptors (Lipinski definition) is 4. The van der Waals surface area contributed by atoms with Crippen LogP contribution in [0.4, 0.5) is 10.1 Å². The normalized spacial score (nSPS) is 12.0. The lowest BCUT2D eigenvalue weighted by molar-refractivity contribution is -0.140. The van der Waals surface area contributed by atoms with Crippen molar-refractivity contribution in [2.45, 2.75) is 38.8 Å². The highest BCUT2D eigenvalue weighted by Gasteiger charge is 2.33. The summed E-state index contributed by atoms with van der Waals surface area (Å²) in [6, 6.07) is 18.3. The van der Waals surface area contributed by atoms with Gasteiger partial charge in [-0.1, -0.05) is 85.1 Å². The minimum absolute atomic E-state index is 0.0320. The molecular weight excluding hydrogens is 576 g/mol. The zero-order valence-electron chi connectivity index (χ0n) is 22.3. The van der Waals surface area contributed by atoms with E-state index in [2.05, 4.69) is 5.32 Å². The van der Waals surface area contributed by atoms with Gasteiger partial charge in [-0.15, -0.1) is 0 Å². The zero-order valence-corrected chi connectivity index (χ0v) is 24.6. The number of rotatable bonds is 13. The average molecular weight is 609 g/mol. The predicted molar refractivity (Wildman–Crippen MR) is 157 cm³/mol. The molecule has 1 N–H and O–H groups in total. The molecule has 0 fully saturated rings. The first kappa shape index (κ1) is 31.4. The molecule has 1 atom stereocenters.